The fraction of sp³-hybridized carbons (Fsp3) is 1.00. The van der Waals surface area contributed by atoms with Gasteiger partial charge in [-0.05, 0) is 31.3 Å². The Morgan fingerprint density at radius 1 is 1.29 bits per heavy atom. The molecule has 0 aromatic carbocycles. The predicted octanol–water partition coefficient (Wildman–Crippen LogP) is 1.08. The van der Waals surface area contributed by atoms with Crippen LogP contribution in [0.1, 0.15) is 26.7 Å². The fourth-order valence-electron chi connectivity index (χ4n) is 1.71. The Morgan fingerprint density at radius 2 is 1.93 bits per heavy atom. The van der Waals surface area contributed by atoms with Crippen LogP contribution in [0.5, 0.6) is 0 Å². The summed E-state index contributed by atoms with van der Waals surface area (Å²) in [6.07, 6.45) is 2.48. The number of rotatable bonds is 5. The molecule has 0 unspecified atom stereocenters. The molecule has 0 radical (unpaired) electrons. The van der Waals surface area contributed by atoms with Gasteiger partial charge in [-0.2, -0.15) is 0 Å². The van der Waals surface area contributed by atoms with Gasteiger partial charge in [-0.1, -0.05) is 13.8 Å². The summed E-state index contributed by atoms with van der Waals surface area (Å²) in [5, 5.41) is 0. The standard InChI is InChI=1S/C11H24N2O/c1-11(2,10-12)4-3-5-13-6-8-14-9-7-13/h3-10,12H2,1-2H3. The van der Waals surface area contributed by atoms with Gasteiger partial charge in [0.05, 0.1) is 13.2 Å². The number of morpholine rings is 1. The molecule has 0 saturated carbocycles. The van der Waals surface area contributed by atoms with Gasteiger partial charge in [0, 0.05) is 13.1 Å². The molecule has 0 spiro atoms. The van der Waals surface area contributed by atoms with Gasteiger partial charge in [-0.3, -0.25) is 4.90 Å². The third kappa shape index (κ3) is 4.40. The smallest absolute Gasteiger partial charge is 0.0594 e. The average Bonchev–Trinajstić information content (AvgIpc) is 2.19. The van der Waals surface area contributed by atoms with Gasteiger partial charge in [-0.25, -0.2) is 0 Å². The van der Waals surface area contributed by atoms with E-state index in [1.54, 1.807) is 0 Å². The lowest BCUT2D eigenvalue weighted by Gasteiger charge is -2.28. The highest BCUT2D eigenvalue weighted by molar-refractivity contribution is 4.70. The molecule has 1 aliphatic heterocycles. The molecule has 3 heteroatoms. The minimum Gasteiger partial charge on any atom is -0.379 e. The number of nitrogens with zero attached hydrogens (tertiary/aromatic N) is 1. The molecule has 84 valence electrons. The van der Waals surface area contributed by atoms with Crippen molar-refractivity contribution in [2.45, 2.75) is 26.7 Å². The lowest BCUT2D eigenvalue weighted by Crippen LogP contribution is -2.37. The van der Waals surface area contributed by atoms with E-state index in [0.29, 0.717) is 5.41 Å². The average molecular weight is 200 g/mol. The van der Waals surface area contributed by atoms with E-state index in [1.807, 2.05) is 0 Å². The molecule has 0 amide bonds. The van der Waals surface area contributed by atoms with E-state index >= 15 is 0 Å². The molecule has 3 nitrogen and oxygen atoms in total. The molecular weight excluding hydrogens is 176 g/mol. The summed E-state index contributed by atoms with van der Waals surface area (Å²) < 4.78 is 5.31. The van der Waals surface area contributed by atoms with Crippen molar-refractivity contribution in [1.82, 2.24) is 4.90 Å². The van der Waals surface area contributed by atoms with E-state index in [9.17, 15) is 0 Å². The summed E-state index contributed by atoms with van der Waals surface area (Å²) in [5.74, 6) is 0. The monoisotopic (exact) mass is 200 g/mol. The van der Waals surface area contributed by atoms with Gasteiger partial charge < -0.3 is 10.5 Å². The van der Waals surface area contributed by atoms with Gasteiger partial charge in [0.15, 0.2) is 0 Å². The third-order valence-electron chi connectivity index (χ3n) is 2.98. The lowest BCUT2D eigenvalue weighted by atomic mass is 9.88. The van der Waals surface area contributed by atoms with Gasteiger partial charge in [0.1, 0.15) is 0 Å². The Morgan fingerprint density at radius 3 is 2.50 bits per heavy atom. The molecule has 1 fully saturated rings. The molecule has 1 rings (SSSR count). The van der Waals surface area contributed by atoms with Crippen molar-refractivity contribution < 1.29 is 4.74 Å². The van der Waals surface area contributed by atoms with Crippen LogP contribution in [0.25, 0.3) is 0 Å². The van der Waals surface area contributed by atoms with E-state index in [-0.39, 0.29) is 0 Å². The zero-order valence-electron chi connectivity index (χ0n) is 9.59. The van der Waals surface area contributed by atoms with Crippen molar-refractivity contribution in [3.8, 4) is 0 Å². The molecule has 2 N–H and O–H groups in total. The Bertz CT molecular complexity index is 153. The van der Waals surface area contributed by atoms with E-state index < -0.39 is 0 Å². The van der Waals surface area contributed by atoms with Crippen LogP contribution >= 0.6 is 0 Å². The van der Waals surface area contributed by atoms with Gasteiger partial charge >= 0.3 is 0 Å². The highest BCUT2D eigenvalue weighted by atomic mass is 16.5. The van der Waals surface area contributed by atoms with Crippen LogP contribution < -0.4 is 5.73 Å². The molecule has 1 saturated heterocycles. The summed E-state index contributed by atoms with van der Waals surface area (Å²) in [6.45, 7) is 10.5. The molecule has 1 aliphatic rings. The molecule has 14 heavy (non-hydrogen) atoms. The second-order valence-corrected chi connectivity index (χ2v) is 4.93. The van der Waals surface area contributed by atoms with E-state index in [4.69, 9.17) is 10.5 Å². The van der Waals surface area contributed by atoms with Crippen molar-refractivity contribution in [3.63, 3.8) is 0 Å². The molecular formula is C11H24N2O. The summed E-state index contributed by atoms with van der Waals surface area (Å²) in [7, 11) is 0. The normalized spacial score (nSPS) is 19.9. The van der Waals surface area contributed by atoms with Crippen LogP contribution in [0.15, 0.2) is 0 Å². The Labute approximate surface area is 87.6 Å². The molecule has 0 aliphatic carbocycles. The summed E-state index contributed by atoms with van der Waals surface area (Å²) in [6, 6.07) is 0. The second-order valence-electron chi connectivity index (χ2n) is 4.93. The molecule has 0 aromatic heterocycles. The van der Waals surface area contributed by atoms with E-state index in [2.05, 4.69) is 18.7 Å². The van der Waals surface area contributed by atoms with E-state index in [0.717, 1.165) is 32.8 Å². The maximum absolute atomic E-state index is 5.69. The van der Waals surface area contributed by atoms with Crippen LogP contribution in [0, 0.1) is 5.41 Å². The van der Waals surface area contributed by atoms with E-state index in [1.165, 1.54) is 19.4 Å². The highest BCUT2D eigenvalue weighted by Crippen LogP contribution is 2.20. The van der Waals surface area contributed by atoms with Crippen LogP contribution in [0.3, 0.4) is 0 Å². The first-order valence-electron chi connectivity index (χ1n) is 5.64. The second kappa shape index (κ2) is 5.69. The van der Waals surface area contributed by atoms with Crippen LogP contribution in [0.2, 0.25) is 0 Å². The number of hydrogen-bond acceptors (Lipinski definition) is 3. The highest BCUT2D eigenvalue weighted by Gasteiger charge is 2.16. The maximum Gasteiger partial charge on any atom is 0.0594 e. The fourth-order valence-corrected chi connectivity index (χ4v) is 1.71. The lowest BCUT2D eigenvalue weighted by molar-refractivity contribution is 0.0360. The summed E-state index contributed by atoms with van der Waals surface area (Å²) in [5.41, 5.74) is 6.00. The van der Waals surface area contributed by atoms with Crippen molar-refractivity contribution >= 4 is 0 Å². The first-order chi connectivity index (χ1) is 6.64. The molecule has 0 aromatic rings. The topological polar surface area (TPSA) is 38.5 Å². The first kappa shape index (κ1) is 12.0. The Kier molecular flexibility index (Phi) is 4.85. The Balaban J connectivity index is 2.08. The largest absolute Gasteiger partial charge is 0.379 e. The van der Waals surface area contributed by atoms with Crippen molar-refractivity contribution in [3.05, 3.63) is 0 Å². The SMILES string of the molecule is CC(C)(CN)CCCN1CCOCC1. The summed E-state index contributed by atoms with van der Waals surface area (Å²) >= 11 is 0. The number of ether oxygens (including phenoxy) is 1. The predicted molar refractivity (Wildman–Crippen MR) is 59.3 cm³/mol. The maximum atomic E-state index is 5.69. The quantitative estimate of drug-likeness (QED) is 0.722. The van der Waals surface area contributed by atoms with Gasteiger partial charge in [0.2, 0.25) is 0 Å². The van der Waals surface area contributed by atoms with Crippen molar-refractivity contribution in [2.24, 2.45) is 11.1 Å². The zero-order valence-corrected chi connectivity index (χ0v) is 9.59. The van der Waals surface area contributed by atoms with Gasteiger partial charge in [-0.15, -0.1) is 0 Å². The zero-order chi connectivity index (χ0) is 10.4. The third-order valence-corrected chi connectivity index (χ3v) is 2.98. The van der Waals surface area contributed by atoms with Crippen LogP contribution in [0.4, 0.5) is 0 Å². The minimum absolute atomic E-state index is 0.312. The Hall–Kier alpha value is -0.120. The van der Waals surface area contributed by atoms with Crippen LogP contribution in [-0.4, -0.2) is 44.3 Å². The summed E-state index contributed by atoms with van der Waals surface area (Å²) in [4.78, 5) is 2.48. The minimum atomic E-state index is 0.312. The molecule has 1 heterocycles. The van der Waals surface area contributed by atoms with Crippen molar-refractivity contribution in [1.29, 1.82) is 0 Å². The first-order valence-corrected chi connectivity index (χ1v) is 5.64. The van der Waals surface area contributed by atoms with Gasteiger partial charge in [0.25, 0.3) is 0 Å². The van der Waals surface area contributed by atoms with Crippen LogP contribution in [-0.2, 0) is 4.74 Å². The number of hydrogen-bond donors (Lipinski definition) is 1. The molecule has 0 bridgehead atoms. The number of nitrogens with two attached hydrogens (primary N) is 1. The van der Waals surface area contributed by atoms with Crippen molar-refractivity contribution in [2.75, 3.05) is 39.4 Å². The molecule has 0 atom stereocenters.